The fraction of sp³-hybridized carbons (Fsp3) is 0.133. The standard InChI is InChI=1S/C15H14F2O2/c1-3-5-6-11(4-2)10-19-13-8-7-12(9-18)14(16)15(13)17/h3-9H,1,10H2,2H3/b6-5-,11-4+. The highest BCUT2D eigenvalue weighted by atomic mass is 19.2. The number of hydrogen-bond acceptors (Lipinski definition) is 2. The molecule has 0 aromatic heterocycles. The fourth-order valence-electron chi connectivity index (χ4n) is 1.33. The van der Waals surface area contributed by atoms with E-state index in [-0.39, 0.29) is 24.2 Å². The summed E-state index contributed by atoms with van der Waals surface area (Å²) in [5, 5.41) is 0. The zero-order valence-electron chi connectivity index (χ0n) is 10.5. The maximum absolute atomic E-state index is 13.5. The minimum absolute atomic E-state index is 0.0949. The Labute approximate surface area is 110 Å². The van der Waals surface area contributed by atoms with Gasteiger partial charge >= 0.3 is 0 Å². The first-order chi connectivity index (χ1) is 9.13. The van der Waals surface area contributed by atoms with Gasteiger partial charge in [0.2, 0.25) is 5.82 Å². The van der Waals surface area contributed by atoms with Gasteiger partial charge in [0.15, 0.2) is 17.9 Å². The first-order valence-corrected chi connectivity index (χ1v) is 5.64. The van der Waals surface area contributed by atoms with E-state index in [1.165, 1.54) is 12.1 Å². The van der Waals surface area contributed by atoms with Gasteiger partial charge in [-0.15, -0.1) is 0 Å². The van der Waals surface area contributed by atoms with Crippen LogP contribution in [-0.2, 0) is 0 Å². The third-order valence-corrected chi connectivity index (χ3v) is 2.42. The highest BCUT2D eigenvalue weighted by molar-refractivity contribution is 5.75. The van der Waals surface area contributed by atoms with Crippen molar-refractivity contribution in [3.63, 3.8) is 0 Å². The van der Waals surface area contributed by atoms with Crippen molar-refractivity contribution in [2.45, 2.75) is 6.92 Å². The third kappa shape index (κ3) is 3.88. The minimum atomic E-state index is -1.20. The molecule has 0 aliphatic heterocycles. The van der Waals surface area contributed by atoms with Crippen molar-refractivity contribution in [2.75, 3.05) is 6.61 Å². The van der Waals surface area contributed by atoms with Crippen LogP contribution in [0.25, 0.3) is 0 Å². The quantitative estimate of drug-likeness (QED) is 0.576. The van der Waals surface area contributed by atoms with Crippen molar-refractivity contribution in [1.82, 2.24) is 0 Å². The number of aldehydes is 1. The second kappa shape index (κ2) is 7.26. The van der Waals surface area contributed by atoms with Crippen LogP contribution in [0.15, 0.2) is 48.6 Å². The summed E-state index contributed by atoms with van der Waals surface area (Å²) in [5.74, 6) is -2.58. The predicted molar refractivity (Wildman–Crippen MR) is 70.3 cm³/mol. The molecule has 0 saturated carbocycles. The molecule has 0 aliphatic carbocycles. The summed E-state index contributed by atoms with van der Waals surface area (Å²) in [6.07, 6.45) is 7.11. The molecule has 0 heterocycles. The van der Waals surface area contributed by atoms with E-state index in [1.54, 1.807) is 31.2 Å². The van der Waals surface area contributed by atoms with Gasteiger partial charge in [-0.25, -0.2) is 4.39 Å². The van der Waals surface area contributed by atoms with Gasteiger partial charge in [0.05, 0.1) is 5.56 Å². The van der Waals surface area contributed by atoms with E-state index in [0.717, 1.165) is 5.57 Å². The number of carbonyl (C=O) groups is 1. The smallest absolute Gasteiger partial charge is 0.201 e. The van der Waals surface area contributed by atoms with Crippen molar-refractivity contribution in [1.29, 1.82) is 0 Å². The average Bonchev–Trinajstić information content (AvgIpc) is 2.43. The second-order valence-electron chi connectivity index (χ2n) is 3.65. The van der Waals surface area contributed by atoms with Crippen LogP contribution in [-0.4, -0.2) is 12.9 Å². The van der Waals surface area contributed by atoms with Gasteiger partial charge in [0.25, 0.3) is 0 Å². The summed E-state index contributed by atoms with van der Waals surface area (Å²) in [6, 6.07) is 2.41. The van der Waals surface area contributed by atoms with Crippen molar-refractivity contribution in [3.8, 4) is 5.75 Å². The molecule has 1 aromatic carbocycles. The number of allylic oxidation sites excluding steroid dienone is 3. The van der Waals surface area contributed by atoms with Gasteiger partial charge < -0.3 is 4.74 Å². The van der Waals surface area contributed by atoms with E-state index in [0.29, 0.717) is 0 Å². The largest absolute Gasteiger partial charge is 0.486 e. The highest BCUT2D eigenvalue weighted by Gasteiger charge is 2.13. The van der Waals surface area contributed by atoms with Crippen molar-refractivity contribution in [3.05, 3.63) is 65.8 Å². The molecule has 19 heavy (non-hydrogen) atoms. The molecule has 0 bridgehead atoms. The lowest BCUT2D eigenvalue weighted by Crippen LogP contribution is -2.03. The van der Waals surface area contributed by atoms with E-state index < -0.39 is 11.6 Å². The lowest BCUT2D eigenvalue weighted by atomic mass is 10.2. The molecule has 0 radical (unpaired) electrons. The number of halogens is 2. The molecule has 1 aromatic rings. The molecular weight excluding hydrogens is 250 g/mol. The van der Waals surface area contributed by atoms with Gasteiger partial charge in [-0.2, -0.15) is 4.39 Å². The van der Waals surface area contributed by atoms with Gasteiger partial charge in [-0.3, -0.25) is 4.79 Å². The molecule has 0 spiro atoms. The molecule has 2 nitrogen and oxygen atoms in total. The van der Waals surface area contributed by atoms with Crippen LogP contribution in [0, 0.1) is 11.6 Å². The molecule has 0 aliphatic rings. The Hall–Kier alpha value is -2.23. The number of ether oxygens (including phenoxy) is 1. The summed E-state index contributed by atoms with van der Waals surface area (Å²) in [7, 11) is 0. The number of benzene rings is 1. The minimum Gasteiger partial charge on any atom is -0.486 e. The number of hydrogen-bond donors (Lipinski definition) is 0. The van der Waals surface area contributed by atoms with Crippen LogP contribution in [0.1, 0.15) is 17.3 Å². The molecule has 1 rings (SSSR count). The molecule has 4 heteroatoms. The maximum Gasteiger partial charge on any atom is 0.201 e. The van der Waals surface area contributed by atoms with Crippen LogP contribution in [0.3, 0.4) is 0 Å². The zero-order valence-corrected chi connectivity index (χ0v) is 10.5. The van der Waals surface area contributed by atoms with Crippen LogP contribution < -0.4 is 4.74 Å². The second-order valence-corrected chi connectivity index (χ2v) is 3.65. The summed E-state index contributed by atoms with van der Waals surface area (Å²) >= 11 is 0. The maximum atomic E-state index is 13.5. The van der Waals surface area contributed by atoms with Crippen molar-refractivity contribution < 1.29 is 18.3 Å². The summed E-state index contributed by atoms with van der Waals surface area (Å²) in [4.78, 5) is 10.4. The summed E-state index contributed by atoms with van der Waals surface area (Å²) in [6.45, 7) is 5.43. The van der Waals surface area contributed by atoms with E-state index in [9.17, 15) is 13.6 Å². The number of rotatable bonds is 6. The predicted octanol–water partition coefficient (Wildman–Crippen LogP) is 3.84. The number of carbonyl (C=O) groups excluding carboxylic acids is 1. The van der Waals surface area contributed by atoms with Gasteiger partial charge in [0.1, 0.15) is 6.61 Å². The molecule has 100 valence electrons. The monoisotopic (exact) mass is 264 g/mol. The molecule has 0 saturated heterocycles. The van der Waals surface area contributed by atoms with E-state index in [4.69, 9.17) is 4.74 Å². The molecule has 0 N–H and O–H groups in total. The SMILES string of the molecule is C=C/C=C\C(=C/C)COc1ccc(C=O)c(F)c1F. The zero-order chi connectivity index (χ0) is 14.3. The lowest BCUT2D eigenvalue weighted by Gasteiger charge is -2.08. The Bertz CT molecular complexity index is 531. The third-order valence-electron chi connectivity index (χ3n) is 2.42. The first-order valence-electron chi connectivity index (χ1n) is 5.64. The van der Waals surface area contributed by atoms with Gasteiger partial charge in [-0.1, -0.05) is 30.9 Å². The van der Waals surface area contributed by atoms with Crippen molar-refractivity contribution in [2.24, 2.45) is 0 Å². The Kier molecular flexibility index (Phi) is 5.67. The Morgan fingerprint density at radius 3 is 2.68 bits per heavy atom. The van der Waals surface area contributed by atoms with E-state index >= 15 is 0 Å². The summed E-state index contributed by atoms with van der Waals surface area (Å²) < 4.78 is 32.1. The van der Waals surface area contributed by atoms with Crippen LogP contribution in [0.5, 0.6) is 5.75 Å². The van der Waals surface area contributed by atoms with E-state index in [2.05, 4.69) is 6.58 Å². The molecule has 0 fully saturated rings. The van der Waals surface area contributed by atoms with E-state index in [1.807, 2.05) is 0 Å². The fourth-order valence-corrected chi connectivity index (χ4v) is 1.33. The normalized spacial score (nSPS) is 11.6. The van der Waals surface area contributed by atoms with Gasteiger partial charge in [-0.05, 0) is 24.6 Å². The molecule has 0 unspecified atom stereocenters. The van der Waals surface area contributed by atoms with Crippen molar-refractivity contribution >= 4 is 6.29 Å². The van der Waals surface area contributed by atoms with Gasteiger partial charge in [0, 0.05) is 0 Å². The molecule has 0 atom stereocenters. The Morgan fingerprint density at radius 1 is 1.37 bits per heavy atom. The molecule has 0 amide bonds. The molecular formula is C15H14F2O2. The highest BCUT2D eigenvalue weighted by Crippen LogP contribution is 2.22. The van der Waals surface area contributed by atoms with Crippen LogP contribution in [0.4, 0.5) is 8.78 Å². The van der Waals surface area contributed by atoms with Crippen LogP contribution in [0.2, 0.25) is 0 Å². The van der Waals surface area contributed by atoms with Crippen LogP contribution >= 0.6 is 0 Å². The average molecular weight is 264 g/mol. The Balaban J connectivity index is 2.84. The topological polar surface area (TPSA) is 26.3 Å². The first kappa shape index (κ1) is 14.8. The summed E-state index contributed by atoms with van der Waals surface area (Å²) in [5.41, 5.74) is 0.460. The Morgan fingerprint density at radius 2 is 2.11 bits per heavy atom. The lowest BCUT2D eigenvalue weighted by molar-refractivity contribution is 0.111.